The monoisotopic (exact) mass is 291 g/mol. The molecule has 1 aromatic rings. The van der Waals surface area contributed by atoms with Crippen molar-refractivity contribution in [3.05, 3.63) is 23.8 Å². The number of ether oxygens (including phenoxy) is 2. The largest absolute Gasteiger partial charge is 0.490 e. The molecule has 0 spiro atoms. The molecule has 1 heterocycles. The van der Waals surface area contributed by atoms with Crippen LogP contribution >= 0.6 is 0 Å². The van der Waals surface area contributed by atoms with E-state index < -0.39 is 0 Å². The molecule has 0 amide bonds. The second kappa shape index (κ2) is 8.03. The fraction of sp³-hybridized carbons (Fsp3) is 0.588. The lowest BCUT2D eigenvalue weighted by molar-refractivity contribution is 0.112. The van der Waals surface area contributed by atoms with Gasteiger partial charge in [-0.2, -0.15) is 0 Å². The lowest BCUT2D eigenvalue weighted by Crippen LogP contribution is -2.39. The number of carbonyl (C=O) groups excluding carboxylic acids is 1. The van der Waals surface area contributed by atoms with Crippen LogP contribution in [0, 0.1) is 0 Å². The van der Waals surface area contributed by atoms with Gasteiger partial charge in [0, 0.05) is 18.2 Å². The molecule has 4 nitrogen and oxygen atoms in total. The van der Waals surface area contributed by atoms with Gasteiger partial charge in [-0.3, -0.25) is 9.69 Å². The Morgan fingerprint density at radius 1 is 1.29 bits per heavy atom. The third-order valence-electron chi connectivity index (χ3n) is 3.98. The molecular weight excluding hydrogens is 266 g/mol. The van der Waals surface area contributed by atoms with Crippen molar-refractivity contribution in [2.24, 2.45) is 0 Å². The molecule has 0 unspecified atom stereocenters. The zero-order valence-corrected chi connectivity index (χ0v) is 13.0. The van der Waals surface area contributed by atoms with Gasteiger partial charge in [-0.15, -0.1) is 0 Å². The summed E-state index contributed by atoms with van der Waals surface area (Å²) in [5.41, 5.74) is 0.607. The summed E-state index contributed by atoms with van der Waals surface area (Å²) in [4.78, 5) is 13.3. The van der Waals surface area contributed by atoms with Crippen molar-refractivity contribution in [1.29, 1.82) is 0 Å². The Morgan fingerprint density at radius 3 is 2.86 bits per heavy atom. The predicted octanol–water partition coefficient (Wildman–Crippen LogP) is 3.15. The molecule has 0 N–H and O–H groups in total. The first kappa shape index (κ1) is 15.8. The van der Waals surface area contributed by atoms with Crippen molar-refractivity contribution in [3.8, 4) is 11.5 Å². The summed E-state index contributed by atoms with van der Waals surface area (Å²) in [5.74, 6) is 1.36. The van der Waals surface area contributed by atoms with Crippen molar-refractivity contribution in [2.75, 3.05) is 26.3 Å². The van der Waals surface area contributed by atoms with E-state index in [4.69, 9.17) is 9.47 Å². The van der Waals surface area contributed by atoms with E-state index in [0.717, 1.165) is 19.4 Å². The molecule has 21 heavy (non-hydrogen) atoms. The van der Waals surface area contributed by atoms with E-state index in [9.17, 15) is 4.79 Å². The maximum absolute atomic E-state index is 10.8. The summed E-state index contributed by atoms with van der Waals surface area (Å²) in [5, 5.41) is 0. The molecule has 2 rings (SSSR count). The highest BCUT2D eigenvalue weighted by Crippen LogP contribution is 2.28. The molecular formula is C17H25NO3. The zero-order valence-electron chi connectivity index (χ0n) is 13.0. The number of aldehydes is 1. The fourth-order valence-corrected chi connectivity index (χ4v) is 2.75. The highest BCUT2D eigenvalue weighted by atomic mass is 16.5. The van der Waals surface area contributed by atoms with E-state index in [-0.39, 0.29) is 0 Å². The maximum atomic E-state index is 10.8. The number of piperidine rings is 1. The highest BCUT2D eigenvalue weighted by molar-refractivity contribution is 5.76. The number of hydrogen-bond donors (Lipinski definition) is 0. The van der Waals surface area contributed by atoms with Crippen LogP contribution in [-0.4, -0.2) is 43.5 Å². The van der Waals surface area contributed by atoms with Crippen LogP contribution in [-0.2, 0) is 0 Å². The fourth-order valence-electron chi connectivity index (χ4n) is 2.75. The smallest absolute Gasteiger partial charge is 0.161 e. The second-order valence-corrected chi connectivity index (χ2v) is 5.49. The van der Waals surface area contributed by atoms with Crippen LogP contribution in [0.5, 0.6) is 11.5 Å². The maximum Gasteiger partial charge on any atom is 0.161 e. The molecule has 0 saturated carbocycles. The number of likely N-dealkylation sites (tertiary alicyclic amines) is 1. The quantitative estimate of drug-likeness (QED) is 0.723. The molecule has 0 bridgehead atoms. The van der Waals surface area contributed by atoms with Gasteiger partial charge in [0.1, 0.15) is 12.9 Å². The van der Waals surface area contributed by atoms with Gasteiger partial charge in [0.05, 0.1) is 6.61 Å². The van der Waals surface area contributed by atoms with Gasteiger partial charge in [-0.25, -0.2) is 0 Å². The standard InChI is InChI=1S/C17H25NO3/c1-3-20-17-12-15(13-19)7-8-16(17)21-11-10-18-9-5-4-6-14(18)2/h7-8,12-14H,3-6,9-11H2,1-2H3/t14-/m1/s1. The van der Waals surface area contributed by atoms with Crippen LogP contribution in [0.3, 0.4) is 0 Å². The van der Waals surface area contributed by atoms with Crippen LogP contribution in [0.2, 0.25) is 0 Å². The first-order valence-electron chi connectivity index (χ1n) is 7.83. The molecule has 1 aliphatic heterocycles. The first-order valence-corrected chi connectivity index (χ1v) is 7.83. The Kier molecular flexibility index (Phi) is 6.05. The van der Waals surface area contributed by atoms with Crippen molar-refractivity contribution in [1.82, 2.24) is 4.90 Å². The third-order valence-corrected chi connectivity index (χ3v) is 3.98. The minimum absolute atomic E-state index is 0.557. The normalized spacial score (nSPS) is 19.2. The van der Waals surface area contributed by atoms with Gasteiger partial charge < -0.3 is 9.47 Å². The molecule has 1 saturated heterocycles. The molecule has 116 valence electrons. The van der Waals surface area contributed by atoms with E-state index in [1.54, 1.807) is 12.1 Å². The molecule has 1 atom stereocenters. The summed E-state index contributed by atoms with van der Waals surface area (Å²) in [6.07, 6.45) is 4.71. The first-order chi connectivity index (χ1) is 10.2. The molecule has 1 aromatic carbocycles. The van der Waals surface area contributed by atoms with Crippen LogP contribution in [0.25, 0.3) is 0 Å². The Bertz CT molecular complexity index is 461. The Labute approximate surface area is 127 Å². The van der Waals surface area contributed by atoms with Gasteiger partial charge >= 0.3 is 0 Å². The van der Waals surface area contributed by atoms with Crippen LogP contribution in [0.1, 0.15) is 43.5 Å². The van der Waals surface area contributed by atoms with Gasteiger partial charge in [0.2, 0.25) is 0 Å². The van der Waals surface area contributed by atoms with E-state index in [1.165, 1.54) is 19.3 Å². The Morgan fingerprint density at radius 2 is 2.14 bits per heavy atom. The van der Waals surface area contributed by atoms with E-state index in [1.807, 2.05) is 13.0 Å². The number of hydrogen-bond acceptors (Lipinski definition) is 4. The predicted molar refractivity (Wildman–Crippen MR) is 83.4 cm³/mol. The Hall–Kier alpha value is -1.55. The molecule has 1 fully saturated rings. The summed E-state index contributed by atoms with van der Waals surface area (Å²) in [6, 6.07) is 5.95. The molecule has 0 radical (unpaired) electrons. The van der Waals surface area contributed by atoms with Gasteiger partial charge in [0.15, 0.2) is 11.5 Å². The van der Waals surface area contributed by atoms with Crippen molar-refractivity contribution in [2.45, 2.75) is 39.2 Å². The zero-order chi connectivity index (χ0) is 15.1. The van der Waals surface area contributed by atoms with Crippen LogP contribution < -0.4 is 9.47 Å². The van der Waals surface area contributed by atoms with Crippen molar-refractivity contribution < 1.29 is 14.3 Å². The summed E-state index contributed by atoms with van der Waals surface area (Å²) in [7, 11) is 0. The molecule has 1 aliphatic rings. The minimum Gasteiger partial charge on any atom is -0.490 e. The van der Waals surface area contributed by atoms with Gasteiger partial charge in [0.25, 0.3) is 0 Å². The number of rotatable bonds is 7. The Balaban J connectivity index is 1.91. The van der Waals surface area contributed by atoms with Crippen molar-refractivity contribution >= 4 is 6.29 Å². The number of carbonyl (C=O) groups is 1. The summed E-state index contributed by atoms with van der Waals surface area (Å²) < 4.78 is 11.4. The lowest BCUT2D eigenvalue weighted by Gasteiger charge is -2.33. The summed E-state index contributed by atoms with van der Waals surface area (Å²) in [6.45, 7) is 7.50. The average molecular weight is 291 g/mol. The van der Waals surface area contributed by atoms with E-state index in [2.05, 4.69) is 11.8 Å². The minimum atomic E-state index is 0.557. The van der Waals surface area contributed by atoms with Crippen LogP contribution in [0.4, 0.5) is 0 Å². The summed E-state index contributed by atoms with van der Waals surface area (Å²) >= 11 is 0. The van der Waals surface area contributed by atoms with Crippen LogP contribution in [0.15, 0.2) is 18.2 Å². The molecule has 4 heteroatoms. The van der Waals surface area contributed by atoms with E-state index >= 15 is 0 Å². The van der Waals surface area contributed by atoms with Crippen molar-refractivity contribution in [3.63, 3.8) is 0 Å². The SMILES string of the molecule is CCOc1cc(C=O)ccc1OCCN1CCCC[C@H]1C. The molecule has 0 aliphatic carbocycles. The third kappa shape index (κ3) is 4.46. The molecule has 0 aromatic heterocycles. The lowest BCUT2D eigenvalue weighted by atomic mass is 10.0. The average Bonchev–Trinajstić information content (AvgIpc) is 2.51. The number of nitrogens with zero attached hydrogens (tertiary/aromatic N) is 1. The topological polar surface area (TPSA) is 38.8 Å². The van der Waals surface area contributed by atoms with Gasteiger partial charge in [-0.1, -0.05) is 6.42 Å². The second-order valence-electron chi connectivity index (χ2n) is 5.49. The van der Waals surface area contributed by atoms with E-state index in [0.29, 0.717) is 36.3 Å². The van der Waals surface area contributed by atoms with Gasteiger partial charge in [-0.05, 0) is 51.4 Å². The number of benzene rings is 1. The highest BCUT2D eigenvalue weighted by Gasteiger charge is 2.17.